The van der Waals surface area contributed by atoms with Crippen molar-refractivity contribution in [2.24, 2.45) is 5.73 Å². The molecule has 0 spiro atoms. The van der Waals surface area contributed by atoms with Gasteiger partial charge >= 0.3 is 0 Å². The minimum absolute atomic E-state index is 0.132. The molecule has 0 saturated carbocycles. The Balaban J connectivity index is 2.28. The normalized spacial score (nSPS) is 19.9. The average Bonchev–Trinajstić information content (AvgIpc) is 2.29. The Morgan fingerprint density at radius 2 is 2.24 bits per heavy atom. The summed E-state index contributed by atoms with van der Waals surface area (Å²) in [6.45, 7) is 0. The van der Waals surface area contributed by atoms with Gasteiger partial charge in [-0.2, -0.15) is 0 Å². The van der Waals surface area contributed by atoms with Gasteiger partial charge in [-0.3, -0.25) is 19.7 Å². The number of imide groups is 1. The summed E-state index contributed by atoms with van der Waals surface area (Å²) in [4.78, 5) is 41.1. The third kappa shape index (κ3) is 2.27. The van der Waals surface area contributed by atoms with Gasteiger partial charge in [0.05, 0.1) is 11.6 Å². The molecule has 3 N–H and O–H groups in total. The van der Waals surface area contributed by atoms with Gasteiger partial charge in [0.1, 0.15) is 0 Å². The van der Waals surface area contributed by atoms with Gasteiger partial charge in [0, 0.05) is 12.6 Å². The number of primary amides is 1. The summed E-state index contributed by atoms with van der Waals surface area (Å²) in [5.74, 6) is -2.12. The van der Waals surface area contributed by atoms with Gasteiger partial charge in [0.25, 0.3) is 5.91 Å². The lowest BCUT2D eigenvalue weighted by molar-refractivity contribution is -0.134. The highest BCUT2D eigenvalue weighted by atomic mass is 16.2. The quantitative estimate of drug-likeness (QED) is 0.643. The molecular formula is C10H10N4O3. The number of hydrogen-bond donors (Lipinski definition) is 2. The Kier molecular flexibility index (Phi) is 2.82. The lowest BCUT2D eigenvalue weighted by atomic mass is 9.94. The number of carbonyl (C=O) groups excluding carboxylic acids is 3. The largest absolute Gasteiger partial charge is 0.363 e. The number of nitrogens with two attached hydrogens (primary N) is 1. The zero-order valence-electron chi connectivity index (χ0n) is 8.84. The van der Waals surface area contributed by atoms with Gasteiger partial charge in [-0.25, -0.2) is 9.97 Å². The van der Waals surface area contributed by atoms with E-state index in [1.165, 1.54) is 12.3 Å². The van der Waals surface area contributed by atoms with E-state index in [0.717, 1.165) is 0 Å². The highest BCUT2D eigenvalue weighted by molar-refractivity contribution is 6.00. The second-order valence-corrected chi connectivity index (χ2v) is 3.67. The zero-order valence-corrected chi connectivity index (χ0v) is 8.84. The van der Waals surface area contributed by atoms with E-state index >= 15 is 0 Å². The van der Waals surface area contributed by atoms with Gasteiger partial charge in [-0.15, -0.1) is 0 Å². The third-order valence-electron chi connectivity index (χ3n) is 2.49. The second kappa shape index (κ2) is 4.28. The molecule has 2 rings (SSSR count). The number of aromatic nitrogens is 2. The molecule has 0 bridgehead atoms. The van der Waals surface area contributed by atoms with Crippen LogP contribution in [0.1, 0.15) is 35.1 Å². The zero-order chi connectivity index (χ0) is 12.4. The van der Waals surface area contributed by atoms with Crippen LogP contribution in [0.4, 0.5) is 0 Å². The molecule has 1 unspecified atom stereocenters. The molecule has 1 aliphatic rings. The topological polar surface area (TPSA) is 115 Å². The number of hydrogen-bond acceptors (Lipinski definition) is 5. The van der Waals surface area contributed by atoms with Gasteiger partial charge in [0.15, 0.2) is 0 Å². The van der Waals surface area contributed by atoms with Crippen LogP contribution in [0.2, 0.25) is 0 Å². The fourth-order valence-corrected chi connectivity index (χ4v) is 1.66. The van der Waals surface area contributed by atoms with E-state index in [4.69, 9.17) is 5.73 Å². The molecule has 1 aromatic rings. The molecule has 3 amide bonds. The monoisotopic (exact) mass is 234 g/mol. The van der Waals surface area contributed by atoms with Crippen LogP contribution in [0.15, 0.2) is 12.3 Å². The van der Waals surface area contributed by atoms with Gasteiger partial charge in [-0.05, 0) is 12.5 Å². The summed E-state index contributed by atoms with van der Waals surface area (Å²) in [7, 11) is 0. The maximum Gasteiger partial charge on any atom is 0.286 e. The van der Waals surface area contributed by atoms with E-state index < -0.39 is 17.7 Å². The summed E-state index contributed by atoms with van der Waals surface area (Å²) < 4.78 is 0. The predicted octanol–water partition coefficient (Wildman–Crippen LogP) is -0.904. The Morgan fingerprint density at radius 3 is 2.88 bits per heavy atom. The first-order valence-electron chi connectivity index (χ1n) is 5.04. The van der Waals surface area contributed by atoms with Crippen molar-refractivity contribution in [2.45, 2.75) is 18.8 Å². The Labute approximate surface area is 96.4 Å². The van der Waals surface area contributed by atoms with Crippen molar-refractivity contribution >= 4 is 17.7 Å². The fourth-order valence-electron chi connectivity index (χ4n) is 1.66. The molecule has 1 aliphatic heterocycles. The average molecular weight is 234 g/mol. The predicted molar refractivity (Wildman–Crippen MR) is 55.7 cm³/mol. The van der Waals surface area contributed by atoms with Crippen LogP contribution >= 0.6 is 0 Å². The van der Waals surface area contributed by atoms with Gasteiger partial charge in [0.2, 0.25) is 17.6 Å². The van der Waals surface area contributed by atoms with Crippen LogP contribution < -0.4 is 11.1 Å². The molecule has 7 heteroatoms. The van der Waals surface area contributed by atoms with Crippen LogP contribution in [-0.4, -0.2) is 27.7 Å². The van der Waals surface area contributed by atoms with E-state index in [9.17, 15) is 14.4 Å². The minimum atomic E-state index is -0.751. The van der Waals surface area contributed by atoms with E-state index in [0.29, 0.717) is 12.1 Å². The number of carbonyl (C=O) groups is 3. The van der Waals surface area contributed by atoms with Crippen LogP contribution in [0.25, 0.3) is 0 Å². The third-order valence-corrected chi connectivity index (χ3v) is 2.49. The maximum atomic E-state index is 11.6. The van der Waals surface area contributed by atoms with Crippen molar-refractivity contribution < 1.29 is 14.4 Å². The summed E-state index contributed by atoms with van der Waals surface area (Å²) >= 11 is 0. The van der Waals surface area contributed by atoms with Crippen molar-refractivity contribution in [1.82, 2.24) is 15.3 Å². The smallest absolute Gasteiger partial charge is 0.286 e. The number of nitrogens with zero attached hydrogens (tertiary/aromatic N) is 2. The van der Waals surface area contributed by atoms with Crippen molar-refractivity contribution in [3.63, 3.8) is 0 Å². The molecular weight excluding hydrogens is 224 g/mol. The molecule has 0 aliphatic carbocycles. The molecule has 2 heterocycles. The van der Waals surface area contributed by atoms with E-state index in [1.54, 1.807) is 0 Å². The standard InChI is InChI=1S/C10H10N4O3/c11-8(16)9-12-4-3-6(13-9)5-1-2-7(15)14-10(5)17/h3-5H,1-2H2,(H2,11,16)(H,14,15,17). The molecule has 88 valence electrons. The van der Waals surface area contributed by atoms with Crippen molar-refractivity contribution in [3.05, 3.63) is 23.8 Å². The minimum Gasteiger partial charge on any atom is -0.363 e. The Morgan fingerprint density at radius 1 is 1.47 bits per heavy atom. The molecule has 0 radical (unpaired) electrons. The fraction of sp³-hybridized carbons (Fsp3) is 0.300. The van der Waals surface area contributed by atoms with Gasteiger partial charge < -0.3 is 5.73 Å². The molecule has 1 saturated heterocycles. The van der Waals surface area contributed by atoms with E-state index in [-0.39, 0.29) is 18.2 Å². The summed E-state index contributed by atoms with van der Waals surface area (Å²) in [5, 5.41) is 2.22. The van der Waals surface area contributed by atoms with Crippen LogP contribution in [0.3, 0.4) is 0 Å². The van der Waals surface area contributed by atoms with Crippen LogP contribution in [0.5, 0.6) is 0 Å². The lowest BCUT2D eigenvalue weighted by Gasteiger charge is -2.20. The lowest BCUT2D eigenvalue weighted by Crippen LogP contribution is -2.39. The summed E-state index contributed by atoms with van der Waals surface area (Å²) in [6, 6.07) is 1.53. The summed E-state index contributed by atoms with van der Waals surface area (Å²) in [6.07, 6.45) is 2.00. The SMILES string of the molecule is NC(=O)c1nccc(C2CCC(=O)NC2=O)n1. The number of rotatable bonds is 2. The Bertz CT molecular complexity index is 500. The van der Waals surface area contributed by atoms with Crippen molar-refractivity contribution in [3.8, 4) is 0 Å². The van der Waals surface area contributed by atoms with Crippen molar-refractivity contribution in [1.29, 1.82) is 0 Å². The highest BCUT2D eigenvalue weighted by Gasteiger charge is 2.29. The van der Waals surface area contributed by atoms with Gasteiger partial charge in [-0.1, -0.05) is 0 Å². The first-order chi connectivity index (χ1) is 8.08. The number of nitrogens with one attached hydrogen (secondary N) is 1. The number of piperidine rings is 1. The molecule has 17 heavy (non-hydrogen) atoms. The van der Waals surface area contributed by atoms with Crippen LogP contribution in [0, 0.1) is 0 Å². The maximum absolute atomic E-state index is 11.6. The van der Waals surface area contributed by atoms with Crippen molar-refractivity contribution in [2.75, 3.05) is 0 Å². The summed E-state index contributed by atoms with van der Waals surface area (Å²) in [5.41, 5.74) is 5.45. The second-order valence-electron chi connectivity index (χ2n) is 3.67. The first kappa shape index (κ1) is 11.2. The molecule has 1 atom stereocenters. The number of amides is 3. The Hall–Kier alpha value is -2.31. The highest BCUT2D eigenvalue weighted by Crippen LogP contribution is 2.22. The van der Waals surface area contributed by atoms with Crippen LogP contribution in [-0.2, 0) is 9.59 Å². The molecule has 0 aromatic carbocycles. The molecule has 7 nitrogen and oxygen atoms in total. The first-order valence-corrected chi connectivity index (χ1v) is 5.04. The van der Waals surface area contributed by atoms with E-state index in [1.807, 2.05) is 0 Å². The molecule has 1 fully saturated rings. The van der Waals surface area contributed by atoms with E-state index in [2.05, 4.69) is 15.3 Å². The molecule has 1 aromatic heterocycles.